The van der Waals surface area contributed by atoms with Gasteiger partial charge in [0.1, 0.15) is 0 Å². The highest BCUT2D eigenvalue weighted by atomic mass is 16.5. The van der Waals surface area contributed by atoms with Gasteiger partial charge >= 0.3 is 5.97 Å². The standard InChI is InChI=1S/C15H18N2O4/c1-17(7-6-14(19)21-2)15(20)13-9-12(10-16-11-13)5-3-4-8-18/h9-11,18H,4,6-8H2,1-2H3. The molecule has 6 heteroatoms. The summed E-state index contributed by atoms with van der Waals surface area (Å²) in [7, 11) is 2.91. The lowest BCUT2D eigenvalue weighted by Gasteiger charge is -2.16. The second-order valence-corrected chi connectivity index (χ2v) is 4.29. The molecule has 0 atom stereocenters. The van der Waals surface area contributed by atoms with Crippen LogP contribution in [-0.2, 0) is 9.53 Å². The smallest absolute Gasteiger partial charge is 0.307 e. The van der Waals surface area contributed by atoms with Gasteiger partial charge in [0.2, 0.25) is 0 Å². The minimum Gasteiger partial charge on any atom is -0.469 e. The molecule has 0 radical (unpaired) electrons. The number of hydrogen-bond donors (Lipinski definition) is 1. The summed E-state index contributed by atoms with van der Waals surface area (Å²) in [6.07, 6.45) is 3.52. The molecule has 21 heavy (non-hydrogen) atoms. The zero-order valence-corrected chi connectivity index (χ0v) is 12.1. The third-order valence-corrected chi connectivity index (χ3v) is 2.68. The van der Waals surface area contributed by atoms with E-state index >= 15 is 0 Å². The summed E-state index contributed by atoms with van der Waals surface area (Å²) < 4.78 is 4.53. The normalized spacial score (nSPS) is 9.48. The number of methoxy groups -OCH3 is 1. The van der Waals surface area contributed by atoms with Crippen LogP contribution in [0, 0.1) is 11.8 Å². The molecular weight excluding hydrogens is 272 g/mol. The first-order chi connectivity index (χ1) is 10.1. The highest BCUT2D eigenvalue weighted by Crippen LogP contribution is 2.06. The van der Waals surface area contributed by atoms with Crippen molar-refractivity contribution in [3.63, 3.8) is 0 Å². The first-order valence-corrected chi connectivity index (χ1v) is 6.45. The Morgan fingerprint density at radius 3 is 2.86 bits per heavy atom. The molecule has 1 amide bonds. The number of carbonyl (C=O) groups is 2. The molecular formula is C15H18N2O4. The zero-order chi connectivity index (χ0) is 15.7. The van der Waals surface area contributed by atoms with Gasteiger partial charge in [-0.3, -0.25) is 14.6 Å². The van der Waals surface area contributed by atoms with Crippen molar-refractivity contribution in [3.8, 4) is 11.8 Å². The number of ether oxygens (including phenoxy) is 1. The van der Waals surface area contributed by atoms with E-state index < -0.39 is 0 Å². The number of hydrogen-bond acceptors (Lipinski definition) is 5. The van der Waals surface area contributed by atoms with E-state index in [9.17, 15) is 9.59 Å². The average molecular weight is 290 g/mol. The Morgan fingerprint density at radius 2 is 2.19 bits per heavy atom. The molecule has 0 unspecified atom stereocenters. The van der Waals surface area contributed by atoms with E-state index in [0.29, 0.717) is 17.5 Å². The maximum Gasteiger partial charge on any atom is 0.307 e. The highest BCUT2D eigenvalue weighted by Gasteiger charge is 2.13. The zero-order valence-electron chi connectivity index (χ0n) is 12.1. The van der Waals surface area contributed by atoms with Gasteiger partial charge in [0, 0.05) is 38.0 Å². The number of esters is 1. The van der Waals surface area contributed by atoms with Crippen LogP contribution in [0.3, 0.4) is 0 Å². The Hall–Kier alpha value is -2.39. The summed E-state index contributed by atoms with van der Waals surface area (Å²) in [5.74, 6) is 4.99. The quantitative estimate of drug-likeness (QED) is 0.629. The number of carbonyl (C=O) groups excluding carboxylic acids is 2. The van der Waals surface area contributed by atoms with E-state index in [1.165, 1.54) is 18.2 Å². The van der Waals surface area contributed by atoms with Gasteiger partial charge in [-0.1, -0.05) is 11.8 Å². The van der Waals surface area contributed by atoms with E-state index in [4.69, 9.17) is 5.11 Å². The first kappa shape index (κ1) is 16.7. The molecule has 0 aliphatic heterocycles. The molecule has 112 valence electrons. The van der Waals surface area contributed by atoms with Gasteiger partial charge in [-0.05, 0) is 6.07 Å². The number of aliphatic hydroxyl groups is 1. The van der Waals surface area contributed by atoms with Gasteiger partial charge in [-0.2, -0.15) is 0 Å². The van der Waals surface area contributed by atoms with E-state index in [2.05, 4.69) is 21.6 Å². The maximum atomic E-state index is 12.2. The molecule has 0 saturated heterocycles. The minimum absolute atomic E-state index is 0.00465. The molecule has 0 aliphatic rings. The Kier molecular flexibility index (Phi) is 6.92. The van der Waals surface area contributed by atoms with E-state index in [1.54, 1.807) is 19.3 Å². The van der Waals surface area contributed by atoms with Crippen molar-refractivity contribution in [3.05, 3.63) is 29.6 Å². The van der Waals surface area contributed by atoms with Gasteiger partial charge in [-0.15, -0.1) is 0 Å². The molecule has 0 spiro atoms. The van der Waals surface area contributed by atoms with Crippen LogP contribution in [0.2, 0.25) is 0 Å². The molecule has 0 fully saturated rings. The number of rotatable bonds is 5. The Labute approximate surface area is 123 Å². The lowest BCUT2D eigenvalue weighted by Crippen LogP contribution is -2.29. The predicted molar refractivity (Wildman–Crippen MR) is 76.4 cm³/mol. The van der Waals surface area contributed by atoms with Crippen molar-refractivity contribution in [2.45, 2.75) is 12.8 Å². The molecule has 0 aromatic carbocycles. The summed E-state index contributed by atoms with van der Waals surface area (Å²) in [6.45, 7) is 0.265. The molecule has 0 saturated carbocycles. The highest BCUT2D eigenvalue weighted by molar-refractivity contribution is 5.94. The summed E-state index contributed by atoms with van der Waals surface area (Å²) in [5.41, 5.74) is 1.01. The number of amides is 1. The first-order valence-electron chi connectivity index (χ1n) is 6.45. The number of aliphatic hydroxyl groups excluding tert-OH is 1. The van der Waals surface area contributed by atoms with Crippen molar-refractivity contribution < 1.29 is 19.4 Å². The van der Waals surface area contributed by atoms with Crippen LogP contribution < -0.4 is 0 Å². The van der Waals surface area contributed by atoms with E-state index in [1.807, 2.05) is 0 Å². The monoisotopic (exact) mass is 290 g/mol. The van der Waals surface area contributed by atoms with Crippen molar-refractivity contribution in [1.82, 2.24) is 9.88 Å². The molecule has 1 rings (SSSR count). The third kappa shape index (κ3) is 5.63. The van der Waals surface area contributed by atoms with Crippen LogP contribution in [0.25, 0.3) is 0 Å². The second kappa shape index (κ2) is 8.72. The largest absolute Gasteiger partial charge is 0.469 e. The summed E-state index contributed by atoms with van der Waals surface area (Å²) >= 11 is 0. The summed E-state index contributed by atoms with van der Waals surface area (Å²) in [5, 5.41) is 8.67. The lowest BCUT2D eigenvalue weighted by atomic mass is 10.2. The van der Waals surface area contributed by atoms with Gasteiger partial charge in [-0.25, -0.2) is 0 Å². The number of nitrogens with zero attached hydrogens (tertiary/aromatic N) is 2. The van der Waals surface area contributed by atoms with Gasteiger partial charge in [0.05, 0.1) is 25.7 Å². The van der Waals surface area contributed by atoms with Gasteiger partial charge in [0.25, 0.3) is 5.91 Å². The summed E-state index contributed by atoms with van der Waals surface area (Å²) in [4.78, 5) is 28.6. The molecule has 1 aromatic rings. The summed E-state index contributed by atoms with van der Waals surface area (Å²) in [6, 6.07) is 1.63. The molecule has 6 nitrogen and oxygen atoms in total. The van der Waals surface area contributed by atoms with Gasteiger partial charge in [0.15, 0.2) is 0 Å². The molecule has 0 aliphatic carbocycles. The topological polar surface area (TPSA) is 79.7 Å². The van der Waals surface area contributed by atoms with Crippen LogP contribution >= 0.6 is 0 Å². The Balaban J connectivity index is 2.72. The predicted octanol–water partition coefficient (Wildman–Crippen LogP) is 0.451. The molecule has 0 bridgehead atoms. The Bertz CT molecular complexity index is 560. The minimum atomic E-state index is -0.364. The second-order valence-electron chi connectivity index (χ2n) is 4.29. The molecule has 1 N–H and O–H groups in total. The van der Waals surface area contributed by atoms with Crippen LogP contribution in [0.4, 0.5) is 0 Å². The lowest BCUT2D eigenvalue weighted by molar-refractivity contribution is -0.140. The number of pyridine rings is 1. The van der Waals surface area contributed by atoms with Crippen LogP contribution in [-0.4, -0.2) is 54.2 Å². The fourth-order valence-corrected chi connectivity index (χ4v) is 1.53. The van der Waals surface area contributed by atoms with Crippen LogP contribution in [0.1, 0.15) is 28.8 Å². The van der Waals surface area contributed by atoms with Crippen molar-refractivity contribution in [1.29, 1.82) is 0 Å². The maximum absolute atomic E-state index is 12.2. The van der Waals surface area contributed by atoms with E-state index in [0.717, 1.165) is 0 Å². The molecule has 1 heterocycles. The fourth-order valence-electron chi connectivity index (χ4n) is 1.53. The fraction of sp³-hybridized carbons (Fsp3) is 0.400. The SMILES string of the molecule is COC(=O)CCN(C)C(=O)c1cncc(C#CCCO)c1. The van der Waals surface area contributed by atoms with Crippen LogP contribution in [0.15, 0.2) is 18.5 Å². The third-order valence-electron chi connectivity index (χ3n) is 2.68. The average Bonchev–Trinajstić information content (AvgIpc) is 2.52. The number of aromatic nitrogens is 1. The van der Waals surface area contributed by atoms with Crippen molar-refractivity contribution in [2.24, 2.45) is 0 Å². The van der Waals surface area contributed by atoms with E-state index in [-0.39, 0.29) is 31.4 Å². The van der Waals surface area contributed by atoms with Crippen LogP contribution in [0.5, 0.6) is 0 Å². The van der Waals surface area contributed by atoms with Gasteiger partial charge < -0.3 is 14.7 Å². The Morgan fingerprint density at radius 1 is 1.43 bits per heavy atom. The van der Waals surface area contributed by atoms with Crippen molar-refractivity contribution in [2.75, 3.05) is 27.3 Å². The van der Waals surface area contributed by atoms with Crippen molar-refractivity contribution >= 4 is 11.9 Å². The molecule has 1 aromatic heterocycles.